The smallest absolute Gasteiger partial charge is 0.352 e. The molecule has 0 aliphatic heterocycles. The third-order valence-electron chi connectivity index (χ3n) is 2.82. The van der Waals surface area contributed by atoms with Crippen LogP contribution in [0, 0.1) is 0 Å². The van der Waals surface area contributed by atoms with Crippen LogP contribution < -0.4 is 0 Å². The molecule has 0 bridgehead atoms. The van der Waals surface area contributed by atoms with Crippen LogP contribution in [-0.4, -0.2) is 26.0 Å². The number of thiazole rings is 1. The van der Waals surface area contributed by atoms with Crippen molar-refractivity contribution in [1.82, 2.24) is 15.0 Å². The van der Waals surface area contributed by atoms with E-state index in [1.54, 1.807) is 29.8 Å². The Balaban J connectivity index is 1.81. The van der Waals surface area contributed by atoms with Crippen molar-refractivity contribution in [1.29, 1.82) is 0 Å². The fourth-order valence-electron chi connectivity index (χ4n) is 1.85. The number of aromatic carboxylic acids is 1. The third kappa shape index (κ3) is 2.60. The lowest BCUT2D eigenvalue weighted by Gasteiger charge is -1.95. The number of carbonyl (C=O) groups is 1. The second-order valence-electron chi connectivity index (χ2n) is 4.23. The fourth-order valence-corrected chi connectivity index (χ4v) is 2.67. The second kappa shape index (κ2) is 5.26. The lowest BCUT2D eigenvalue weighted by molar-refractivity contribution is 0.0691. The molecule has 100 valence electrons. The molecule has 3 rings (SSSR count). The minimum atomic E-state index is -0.972. The summed E-state index contributed by atoms with van der Waals surface area (Å²) >= 11 is 1.54. The largest absolute Gasteiger partial charge is 0.477 e. The summed E-state index contributed by atoms with van der Waals surface area (Å²) in [7, 11) is 0. The Hall–Kier alpha value is -2.47. The quantitative estimate of drug-likeness (QED) is 0.772. The Kier molecular flexibility index (Phi) is 3.30. The molecular weight excluding hydrogens is 274 g/mol. The van der Waals surface area contributed by atoms with Crippen LogP contribution in [0.1, 0.15) is 21.2 Å². The molecule has 0 aliphatic carbocycles. The molecule has 0 saturated heterocycles. The third-order valence-corrected chi connectivity index (χ3v) is 3.67. The molecular formula is C14H11N3O2S. The maximum Gasteiger partial charge on any atom is 0.352 e. The summed E-state index contributed by atoms with van der Waals surface area (Å²) in [6.07, 6.45) is 4.10. The van der Waals surface area contributed by atoms with Crippen molar-refractivity contribution in [3.8, 4) is 11.3 Å². The zero-order valence-electron chi connectivity index (χ0n) is 10.4. The zero-order valence-corrected chi connectivity index (χ0v) is 11.2. The number of carboxylic acids is 1. The number of pyridine rings is 1. The molecule has 0 atom stereocenters. The van der Waals surface area contributed by atoms with E-state index in [4.69, 9.17) is 5.11 Å². The minimum Gasteiger partial charge on any atom is -0.477 e. The molecule has 5 nitrogen and oxygen atoms in total. The number of hydrogen-bond acceptors (Lipinski definition) is 4. The molecule has 20 heavy (non-hydrogen) atoms. The van der Waals surface area contributed by atoms with E-state index in [2.05, 4.69) is 15.0 Å². The number of nitrogens with one attached hydrogen (secondary N) is 1. The monoisotopic (exact) mass is 285 g/mol. The molecule has 0 radical (unpaired) electrons. The maximum atomic E-state index is 10.8. The summed E-state index contributed by atoms with van der Waals surface area (Å²) in [6, 6.07) is 7.37. The van der Waals surface area contributed by atoms with E-state index >= 15 is 0 Å². The van der Waals surface area contributed by atoms with E-state index in [0.717, 1.165) is 22.0 Å². The van der Waals surface area contributed by atoms with Gasteiger partial charge in [0, 0.05) is 35.5 Å². The Bertz CT molecular complexity index is 734. The standard InChI is InChI=1S/C14H11N3O2S/c18-14(19)11-5-9(7-16-11)12-8-20-13(17-12)6-10-3-1-2-4-15-10/h1-5,7-8,16H,6H2,(H,18,19). The second-order valence-corrected chi connectivity index (χ2v) is 5.17. The molecule has 0 unspecified atom stereocenters. The molecule has 0 spiro atoms. The number of rotatable bonds is 4. The van der Waals surface area contributed by atoms with Crippen LogP contribution in [-0.2, 0) is 6.42 Å². The van der Waals surface area contributed by atoms with Crippen molar-refractivity contribution >= 4 is 17.3 Å². The summed E-state index contributed by atoms with van der Waals surface area (Å²) in [5, 5.41) is 11.8. The molecule has 0 aromatic carbocycles. The van der Waals surface area contributed by atoms with Gasteiger partial charge in [-0.2, -0.15) is 0 Å². The summed E-state index contributed by atoms with van der Waals surface area (Å²) in [5.74, 6) is -0.972. The lowest BCUT2D eigenvalue weighted by atomic mass is 10.2. The molecule has 0 aliphatic rings. The van der Waals surface area contributed by atoms with Gasteiger partial charge in [0.05, 0.1) is 10.7 Å². The summed E-state index contributed by atoms with van der Waals surface area (Å²) in [4.78, 5) is 22.3. The molecule has 0 saturated carbocycles. The molecule has 2 N–H and O–H groups in total. The van der Waals surface area contributed by atoms with Gasteiger partial charge in [0.1, 0.15) is 5.69 Å². The first-order valence-electron chi connectivity index (χ1n) is 5.99. The van der Waals surface area contributed by atoms with Crippen LogP contribution in [0.25, 0.3) is 11.3 Å². The highest BCUT2D eigenvalue weighted by Crippen LogP contribution is 2.23. The summed E-state index contributed by atoms with van der Waals surface area (Å²) < 4.78 is 0. The molecule has 3 aromatic rings. The van der Waals surface area contributed by atoms with Gasteiger partial charge in [-0.05, 0) is 18.2 Å². The number of hydrogen-bond donors (Lipinski definition) is 2. The van der Waals surface area contributed by atoms with Crippen LogP contribution in [0.5, 0.6) is 0 Å². The molecule has 3 heterocycles. The normalized spacial score (nSPS) is 10.6. The van der Waals surface area contributed by atoms with Gasteiger partial charge in [0.15, 0.2) is 0 Å². The van der Waals surface area contributed by atoms with E-state index in [-0.39, 0.29) is 5.69 Å². The predicted molar refractivity (Wildman–Crippen MR) is 75.9 cm³/mol. The lowest BCUT2D eigenvalue weighted by Crippen LogP contribution is -1.94. The molecule has 0 fully saturated rings. The Morgan fingerprint density at radius 1 is 1.40 bits per heavy atom. The van der Waals surface area contributed by atoms with Crippen molar-refractivity contribution < 1.29 is 9.90 Å². The molecule has 3 aromatic heterocycles. The van der Waals surface area contributed by atoms with Gasteiger partial charge in [-0.3, -0.25) is 4.98 Å². The SMILES string of the molecule is O=C(O)c1cc(-c2csc(Cc3ccccn3)n2)c[nH]1. The molecule has 0 amide bonds. The highest BCUT2D eigenvalue weighted by atomic mass is 32.1. The van der Waals surface area contributed by atoms with Crippen molar-refractivity contribution in [3.63, 3.8) is 0 Å². The summed E-state index contributed by atoms with van der Waals surface area (Å²) in [6.45, 7) is 0. The zero-order chi connectivity index (χ0) is 13.9. The van der Waals surface area contributed by atoms with Gasteiger partial charge in [-0.25, -0.2) is 9.78 Å². The van der Waals surface area contributed by atoms with E-state index in [9.17, 15) is 4.79 Å². The van der Waals surface area contributed by atoms with Gasteiger partial charge in [0.25, 0.3) is 0 Å². The van der Waals surface area contributed by atoms with Gasteiger partial charge in [0.2, 0.25) is 0 Å². The predicted octanol–water partition coefficient (Wildman–Crippen LogP) is 2.82. The number of carboxylic acid groups (broad SMARTS) is 1. The highest BCUT2D eigenvalue weighted by Gasteiger charge is 2.10. The fraction of sp³-hybridized carbons (Fsp3) is 0.0714. The number of H-pyrrole nitrogens is 1. The topological polar surface area (TPSA) is 78.9 Å². The maximum absolute atomic E-state index is 10.8. The first-order valence-corrected chi connectivity index (χ1v) is 6.87. The van der Waals surface area contributed by atoms with Crippen LogP contribution in [0.4, 0.5) is 0 Å². The van der Waals surface area contributed by atoms with Gasteiger partial charge < -0.3 is 10.1 Å². The Labute approximate surface area is 119 Å². The number of nitrogens with zero attached hydrogens (tertiary/aromatic N) is 2. The Morgan fingerprint density at radius 3 is 3.00 bits per heavy atom. The number of aromatic nitrogens is 3. The van der Waals surface area contributed by atoms with E-state index < -0.39 is 5.97 Å². The van der Waals surface area contributed by atoms with Gasteiger partial charge in [-0.15, -0.1) is 11.3 Å². The first kappa shape index (κ1) is 12.6. The van der Waals surface area contributed by atoms with Crippen molar-refractivity contribution in [2.45, 2.75) is 6.42 Å². The van der Waals surface area contributed by atoms with E-state index in [1.165, 1.54) is 0 Å². The average Bonchev–Trinajstić information content (AvgIpc) is 3.08. The van der Waals surface area contributed by atoms with Crippen molar-refractivity contribution in [2.24, 2.45) is 0 Å². The first-order chi connectivity index (χ1) is 9.72. The Morgan fingerprint density at radius 2 is 2.30 bits per heavy atom. The van der Waals surface area contributed by atoms with Crippen LogP contribution in [0.3, 0.4) is 0 Å². The molecule has 6 heteroatoms. The summed E-state index contributed by atoms with van der Waals surface area (Å²) in [5.41, 5.74) is 2.70. The van der Waals surface area contributed by atoms with Gasteiger partial charge >= 0.3 is 5.97 Å². The number of aromatic amines is 1. The van der Waals surface area contributed by atoms with E-state index in [0.29, 0.717) is 6.42 Å². The van der Waals surface area contributed by atoms with E-state index in [1.807, 2.05) is 23.6 Å². The highest BCUT2D eigenvalue weighted by molar-refractivity contribution is 7.10. The van der Waals surface area contributed by atoms with Crippen LogP contribution >= 0.6 is 11.3 Å². The van der Waals surface area contributed by atoms with Crippen LogP contribution in [0.2, 0.25) is 0 Å². The van der Waals surface area contributed by atoms with Crippen LogP contribution in [0.15, 0.2) is 42.0 Å². The average molecular weight is 285 g/mol. The minimum absolute atomic E-state index is 0.166. The van der Waals surface area contributed by atoms with Gasteiger partial charge in [-0.1, -0.05) is 6.07 Å². The van der Waals surface area contributed by atoms with Crippen molar-refractivity contribution in [2.75, 3.05) is 0 Å². The van der Waals surface area contributed by atoms with Crippen molar-refractivity contribution in [3.05, 3.63) is 58.4 Å².